The molecular weight excluding hydrogens is 499 g/mol. The van der Waals surface area contributed by atoms with Crippen LogP contribution in [0.3, 0.4) is 0 Å². The number of aliphatic carboxylic acids is 1. The van der Waals surface area contributed by atoms with Crippen LogP contribution in [0.1, 0.15) is 6.42 Å². The number of hydrogen-bond acceptors (Lipinski definition) is 6. The van der Waals surface area contributed by atoms with Crippen LogP contribution in [-0.2, 0) is 14.4 Å². The molecule has 1 aliphatic rings. The fourth-order valence-electron chi connectivity index (χ4n) is 3.58. The summed E-state index contributed by atoms with van der Waals surface area (Å²) in [4.78, 5) is 51.6. The standard InChI is InChI=1S/C24H22F3N3O7/c1-29-11-9-18(31)21(22(29)34)30(23(35)28-10-8-20(32)33)15-6-7-19(36-2)17(13-15)14-4-3-5-16(12-14)37-24(25,26)27/h3-7,9,11-13,21H,8,10H2,1-2H3,(H,28,35)(H,32,33)/t21-/m0/s1. The molecule has 3 amide bonds. The van der Waals surface area contributed by atoms with Gasteiger partial charge in [0.05, 0.1) is 13.5 Å². The molecule has 0 aliphatic carbocycles. The lowest BCUT2D eigenvalue weighted by Gasteiger charge is -2.33. The second-order valence-electron chi connectivity index (χ2n) is 7.78. The lowest BCUT2D eigenvalue weighted by molar-refractivity contribution is -0.274. The van der Waals surface area contributed by atoms with Crippen molar-refractivity contribution in [3.8, 4) is 22.6 Å². The van der Waals surface area contributed by atoms with Crippen LogP contribution in [0.5, 0.6) is 11.5 Å². The second-order valence-corrected chi connectivity index (χ2v) is 7.78. The highest BCUT2D eigenvalue weighted by Crippen LogP contribution is 2.37. The van der Waals surface area contributed by atoms with E-state index in [1.54, 1.807) is 0 Å². The second kappa shape index (κ2) is 11.0. The first-order valence-corrected chi connectivity index (χ1v) is 10.7. The molecule has 1 heterocycles. The van der Waals surface area contributed by atoms with Gasteiger partial charge in [0.15, 0.2) is 11.8 Å². The van der Waals surface area contributed by atoms with Crippen molar-refractivity contribution in [3.05, 3.63) is 54.7 Å². The van der Waals surface area contributed by atoms with Crippen LogP contribution >= 0.6 is 0 Å². The van der Waals surface area contributed by atoms with E-state index in [-0.39, 0.29) is 29.1 Å². The van der Waals surface area contributed by atoms with Gasteiger partial charge in [-0.3, -0.25) is 19.3 Å². The van der Waals surface area contributed by atoms with Crippen LogP contribution in [0.25, 0.3) is 11.1 Å². The Balaban J connectivity index is 2.10. The summed E-state index contributed by atoms with van der Waals surface area (Å²) in [7, 11) is 2.73. The number of carboxylic acid groups (broad SMARTS) is 1. The number of urea groups is 1. The third kappa shape index (κ3) is 6.57. The van der Waals surface area contributed by atoms with Crippen LogP contribution in [0, 0.1) is 0 Å². The average Bonchev–Trinajstić information content (AvgIpc) is 2.82. The summed E-state index contributed by atoms with van der Waals surface area (Å²) < 4.78 is 47.5. The van der Waals surface area contributed by atoms with E-state index >= 15 is 0 Å². The fourth-order valence-corrected chi connectivity index (χ4v) is 3.58. The summed E-state index contributed by atoms with van der Waals surface area (Å²) in [6, 6.07) is 6.65. The van der Waals surface area contributed by atoms with Gasteiger partial charge in [0.25, 0.3) is 5.91 Å². The number of alkyl halides is 3. The van der Waals surface area contributed by atoms with Crippen LogP contribution < -0.4 is 19.7 Å². The lowest BCUT2D eigenvalue weighted by atomic mass is 10.0. The van der Waals surface area contributed by atoms with Gasteiger partial charge < -0.3 is 24.8 Å². The van der Waals surface area contributed by atoms with E-state index in [2.05, 4.69) is 10.1 Å². The normalized spacial score (nSPS) is 15.4. The van der Waals surface area contributed by atoms with E-state index in [0.717, 1.165) is 28.0 Å². The maximum atomic E-state index is 13.1. The number of ether oxygens (including phenoxy) is 2. The highest BCUT2D eigenvalue weighted by Gasteiger charge is 2.39. The molecule has 0 saturated carbocycles. The van der Waals surface area contributed by atoms with Gasteiger partial charge in [0, 0.05) is 37.1 Å². The number of carbonyl (C=O) groups excluding carboxylic acids is 3. The number of carbonyl (C=O) groups is 4. The minimum absolute atomic E-state index is 0.0289. The van der Waals surface area contributed by atoms with Crippen LogP contribution in [0.15, 0.2) is 54.7 Å². The van der Waals surface area contributed by atoms with E-state index in [0.29, 0.717) is 0 Å². The largest absolute Gasteiger partial charge is 0.573 e. The zero-order valence-electron chi connectivity index (χ0n) is 19.6. The molecule has 2 aromatic rings. The number of likely N-dealkylation sites (N-methyl/N-ethyl adjacent to an activating group) is 1. The van der Waals surface area contributed by atoms with E-state index < -0.39 is 48.3 Å². The van der Waals surface area contributed by atoms with E-state index in [1.165, 1.54) is 50.7 Å². The minimum atomic E-state index is -4.92. The zero-order chi connectivity index (χ0) is 27.3. The molecule has 1 aliphatic heterocycles. The smallest absolute Gasteiger partial charge is 0.496 e. The number of ketones is 1. The lowest BCUT2D eigenvalue weighted by Crippen LogP contribution is -2.57. The van der Waals surface area contributed by atoms with Crippen molar-refractivity contribution in [3.63, 3.8) is 0 Å². The molecule has 0 fully saturated rings. The average molecular weight is 521 g/mol. The molecule has 2 N–H and O–H groups in total. The predicted molar refractivity (Wildman–Crippen MR) is 124 cm³/mol. The van der Waals surface area contributed by atoms with E-state index in [1.807, 2.05) is 0 Å². The SMILES string of the molecule is COc1ccc(N(C(=O)NCCC(=O)O)[C@H]2C(=O)C=CN(C)C2=O)cc1-c1cccc(OC(F)(F)F)c1. The highest BCUT2D eigenvalue weighted by atomic mass is 19.4. The molecule has 0 unspecified atom stereocenters. The first-order chi connectivity index (χ1) is 17.4. The third-order valence-electron chi connectivity index (χ3n) is 5.25. The molecule has 37 heavy (non-hydrogen) atoms. The Morgan fingerprint density at radius 1 is 1.16 bits per heavy atom. The number of benzene rings is 2. The summed E-state index contributed by atoms with van der Waals surface area (Å²) in [5.74, 6) is -2.87. The van der Waals surface area contributed by atoms with Crippen LogP contribution in [0.4, 0.5) is 23.7 Å². The number of carboxylic acids is 1. The van der Waals surface area contributed by atoms with Crippen molar-refractivity contribution in [1.29, 1.82) is 0 Å². The molecule has 196 valence electrons. The van der Waals surface area contributed by atoms with E-state index in [4.69, 9.17) is 9.84 Å². The molecule has 13 heteroatoms. The monoisotopic (exact) mass is 521 g/mol. The molecule has 0 aromatic heterocycles. The number of rotatable bonds is 8. The first kappa shape index (κ1) is 27.0. The summed E-state index contributed by atoms with van der Waals surface area (Å²) in [5, 5.41) is 11.3. The molecule has 1 atom stereocenters. The molecule has 10 nitrogen and oxygen atoms in total. The fraction of sp³-hybridized carbons (Fsp3) is 0.250. The Hall–Kier alpha value is -4.55. The molecule has 2 aromatic carbocycles. The molecule has 0 saturated heterocycles. The number of anilines is 1. The molecule has 3 rings (SSSR count). The maximum Gasteiger partial charge on any atom is 0.573 e. The van der Waals surface area contributed by atoms with Crippen molar-refractivity contribution >= 4 is 29.4 Å². The summed E-state index contributed by atoms with van der Waals surface area (Å²) in [6.07, 6.45) is -2.97. The summed E-state index contributed by atoms with van der Waals surface area (Å²) in [5.41, 5.74) is 0.488. The van der Waals surface area contributed by atoms with Crippen LogP contribution in [0.2, 0.25) is 0 Å². The van der Waals surface area contributed by atoms with Crippen molar-refractivity contribution in [1.82, 2.24) is 10.2 Å². The number of hydrogen-bond donors (Lipinski definition) is 2. The predicted octanol–water partition coefficient (Wildman–Crippen LogP) is 3.17. The quantitative estimate of drug-likeness (QED) is 0.511. The van der Waals surface area contributed by atoms with Gasteiger partial charge in [-0.2, -0.15) is 0 Å². The number of nitrogens with one attached hydrogen (secondary N) is 1. The van der Waals surface area contributed by atoms with Crippen molar-refractivity contribution in [2.75, 3.05) is 25.6 Å². The van der Waals surface area contributed by atoms with Gasteiger partial charge in [0.1, 0.15) is 11.5 Å². The number of amides is 3. The Bertz CT molecular complexity index is 1250. The van der Waals surface area contributed by atoms with Gasteiger partial charge in [0.2, 0.25) is 0 Å². The third-order valence-corrected chi connectivity index (χ3v) is 5.25. The number of nitrogens with zero attached hydrogens (tertiary/aromatic N) is 2. The van der Waals surface area contributed by atoms with Gasteiger partial charge >= 0.3 is 18.4 Å². The van der Waals surface area contributed by atoms with Gasteiger partial charge in [-0.1, -0.05) is 12.1 Å². The topological polar surface area (TPSA) is 125 Å². The Morgan fingerprint density at radius 2 is 1.89 bits per heavy atom. The van der Waals surface area contributed by atoms with Crippen molar-refractivity contribution < 1.29 is 46.9 Å². The number of halogens is 3. The maximum absolute atomic E-state index is 13.1. The molecular formula is C24H22F3N3O7. The van der Waals surface area contributed by atoms with Gasteiger partial charge in [-0.15, -0.1) is 13.2 Å². The van der Waals surface area contributed by atoms with Crippen molar-refractivity contribution in [2.24, 2.45) is 0 Å². The van der Waals surface area contributed by atoms with E-state index in [9.17, 15) is 32.3 Å². The molecule has 0 spiro atoms. The van der Waals surface area contributed by atoms with Crippen molar-refractivity contribution in [2.45, 2.75) is 18.8 Å². The summed E-state index contributed by atoms with van der Waals surface area (Å²) >= 11 is 0. The minimum Gasteiger partial charge on any atom is -0.496 e. The van der Waals surface area contributed by atoms with Crippen LogP contribution in [-0.4, -0.2) is 66.8 Å². The zero-order valence-corrected chi connectivity index (χ0v) is 19.6. The Morgan fingerprint density at radius 3 is 2.54 bits per heavy atom. The van der Waals surface area contributed by atoms with Gasteiger partial charge in [-0.25, -0.2) is 4.79 Å². The summed E-state index contributed by atoms with van der Waals surface area (Å²) in [6.45, 7) is -0.286. The Kier molecular flexibility index (Phi) is 8.05. The van der Waals surface area contributed by atoms with Gasteiger partial charge in [-0.05, 0) is 35.9 Å². The molecule has 0 bridgehead atoms. The highest BCUT2D eigenvalue weighted by molar-refractivity contribution is 6.19. The molecule has 0 radical (unpaired) electrons. The first-order valence-electron chi connectivity index (χ1n) is 10.7. The Labute approximate surface area is 208 Å². The number of methoxy groups -OCH3 is 1.